The predicted octanol–water partition coefficient (Wildman–Crippen LogP) is 2.12. The third-order valence-corrected chi connectivity index (χ3v) is 5.22. The highest BCUT2D eigenvalue weighted by Crippen LogP contribution is 2.23. The van der Waals surface area contributed by atoms with Crippen LogP contribution in [0, 0.1) is 0 Å². The number of hydrogen-bond acceptors (Lipinski definition) is 5. The fourth-order valence-corrected chi connectivity index (χ4v) is 3.21. The van der Waals surface area contributed by atoms with E-state index in [0.29, 0.717) is 12.6 Å². The number of piperidine rings is 1. The van der Waals surface area contributed by atoms with Gasteiger partial charge in [-0.05, 0) is 55.8 Å². The van der Waals surface area contributed by atoms with E-state index >= 15 is 0 Å². The molecule has 2 aliphatic heterocycles. The van der Waals surface area contributed by atoms with Gasteiger partial charge in [0.25, 0.3) is 5.91 Å². The zero-order valence-electron chi connectivity index (χ0n) is 13.2. The maximum atomic E-state index is 11.8. The second kappa shape index (κ2) is 8.36. The van der Waals surface area contributed by atoms with Crippen molar-refractivity contribution in [3.05, 3.63) is 29.8 Å². The van der Waals surface area contributed by atoms with Gasteiger partial charge in [0.15, 0.2) is 0 Å². The lowest BCUT2D eigenvalue weighted by atomic mass is 10.1. The summed E-state index contributed by atoms with van der Waals surface area (Å²) in [5.74, 6) is 2.99. The molecule has 5 nitrogen and oxygen atoms in total. The Hall–Kier alpha value is -1.53. The molecule has 2 heterocycles. The van der Waals surface area contributed by atoms with Crippen molar-refractivity contribution in [1.29, 1.82) is 0 Å². The number of likely N-dealkylation sites (tertiary alicyclic amines) is 1. The fourth-order valence-electron chi connectivity index (χ4n) is 2.64. The van der Waals surface area contributed by atoms with Crippen LogP contribution in [0.1, 0.15) is 24.8 Å². The van der Waals surface area contributed by atoms with Crippen LogP contribution in [0.25, 0.3) is 0 Å². The van der Waals surface area contributed by atoms with Gasteiger partial charge in [-0.1, -0.05) is 6.42 Å². The number of nitrogens with one attached hydrogen (secondary N) is 1. The van der Waals surface area contributed by atoms with E-state index in [2.05, 4.69) is 15.4 Å². The largest absolute Gasteiger partial charge is 0.489 e. The summed E-state index contributed by atoms with van der Waals surface area (Å²) in [7, 11) is 0. The van der Waals surface area contributed by atoms with E-state index in [4.69, 9.17) is 4.74 Å². The Morgan fingerprint density at radius 1 is 1.26 bits per heavy atom. The summed E-state index contributed by atoms with van der Waals surface area (Å²) in [4.78, 5) is 14.0. The molecule has 2 aliphatic rings. The first-order valence-corrected chi connectivity index (χ1v) is 9.34. The Labute approximate surface area is 141 Å². The minimum Gasteiger partial charge on any atom is -0.489 e. The van der Waals surface area contributed by atoms with E-state index in [1.807, 2.05) is 36.0 Å². The highest BCUT2D eigenvalue weighted by atomic mass is 32.2. The normalized spacial score (nSPS) is 19.5. The lowest BCUT2D eigenvalue weighted by molar-refractivity contribution is -0.122. The average molecular weight is 333 g/mol. The van der Waals surface area contributed by atoms with Crippen LogP contribution in [0.2, 0.25) is 0 Å². The minimum atomic E-state index is -0.0504. The van der Waals surface area contributed by atoms with E-state index < -0.39 is 0 Å². The Morgan fingerprint density at radius 2 is 2.00 bits per heavy atom. The summed E-state index contributed by atoms with van der Waals surface area (Å²) < 4.78 is 5.79. The quantitative estimate of drug-likeness (QED) is 0.640. The molecule has 6 heteroatoms. The highest BCUT2D eigenvalue weighted by molar-refractivity contribution is 8.00. The Balaban J connectivity index is 1.40. The van der Waals surface area contributed by atoms with Gasteiger partial charge in [0.1, 0.15) is 11.9 Å². The van der Waals surface area contributed by atoms with Crippen molar-refractivity contribution in [2.45, 2.75) is 25.4 Å². The van der Waals surface area contributed by atoms with Gasteiger partial charge in [0, 0.05) is 11.5 Å². The third-order valence-electron chi connectivity index (χ3n) is 4.01. The lowest BCUT2D eigenvalue weighted by Gasteiger charge is -2.25. The first-order valence-electron chi connectivity index (χ1n) is 8.18. The van der Waals surface area contributed by atoms with Crippen molar-refractivity contribution in [2.75, 3.05) is 31.1 Å². The Bertz CT molecular complexity index is 537. The summed E-state index contributed by atoms with van der Waals surface area (Å²) in [6, 6.07) is 7.78. The smallest absolute Gasteiger partial charge is 0.254 e. The molecule has 1 N–H and O–H groups in total. The molecule has 1 amide bonds. The van der Waals surface area contributed by atoms with E-state index in [0.717, 1.165) is 35.9 Å². The number of hydrazone groups is 1. The number of nitrogens with zero attached hydrogens (tertiary/aromatic N) is 2. The van der Waals surface area contributed by atoms with Crippen molar-refractivity contribution < 1.29 is 9.53 Å². The van der Waals surface area contributed by atoms with Crippen LogP contribution in [0.15, 0.2) is 29.4 Å². The second-order valence-electron chi connectivity index (χ2n) is 5.98. The van der Waals surface area contributed by atoms with Gasteiger partial charge in [-0.2, -0.15) is 16.9 Å². The second-order valence-corrected chi connectivity index (χ2v) is 7.05. The van der Waals surface area contributed by atoms with Crippen LogP contribution >= 0.6 is 11.8 Å². The van der Waals surface area contributed by atoms with Gasteiger partial charge in [-0.25, -0.2) is 5.43 Å². The van der Waals surface area contributed by atoms with Gasteiger partial charge in [-0.15, -0.1) is 0 Å². The molecular weight excluding hydrogens is 310 g/mol. The summed E-state index contributed by atoms with van der Waals surface area (Å²) >= 11 is 1.90. The molecule has 3 rings (SSSR count). The molecule has 1 aromatic carbocycles. The molecule has 0 unspecified atom stereocenters. The molecule has 2 saturated heterocycles. The van der Waals surface area contributed by atoms with Crippen molar-refractivity contribution in [1.82, 2.24) is 10.3 Å². The maximum Gasteiger partial charge on any atom is 0.254 e. The number of amides is 1. The van der Waals surface area contributed by atoms with Crippen LogP contribution < -0.4 is 10.2 Å². The van der Waals surface area contributed by atoms with Crippen molar-refractivity contribution >= 4 is 23.9 Å². The van der Waals surface area contributed by atoms with Crippen LogP contribution in [0.5, 0.6) is 5.75 Å². The molecule has 0 atom stereocenters. The van der Waals surface area contributed by atoms with E-state index in [-0.39, 0.29) is 5.91 Å². The number of rotatable bonds is 6. The van der Waals surface area contributed by atoms with E-state index in [1.165, 1.54) is 19.3 Å². The SMILES string of the molecule is O=C(CN1CCCCC1)NN=Cc1ccc(OC2CSC2)cc1. The molecule has 0 aliphatic carbocycles. The fraction of sp³-hybridized carbons (Fsp3) is 0.529. The summed E-state index contributed by atoms with van der Waals surface area (Å²) in [6.07, 6.45) is 5.66. The van der Waals surface area contributed by atoms with Gasteiger partial charge in [0.05, 0.1) is 12.8 Å². The van der Waals surface area contributed by atoms with E-state index in [1.54, 1.807) is 6.21 Å². The number of hydrogen-bond donors (Lipinski definition) is 1. The summed E-state index contributed by atoms with van der Waals surface area (Å²) in [6.45, 7) is 2.46. The molecule has 2 fully saturated rings. The molecule has 0 aromatic heterocycles. The zero-order chi connectivity index (χ0) is 15.9. The van der Waals surface area contributed by atoms with Crippen LogP contribution in [-0.4, -0.2) is 54.3 Å². The summed E-state index contributed by atoms with van der Waals surface area (Å²) in [5, 5.41) is 4.03. The third kappa shape index (κ3) is 5.25. The van der Waals surface area contributed by atoms with Crippen LogP contribution in [0.4, 0.5) is 0 Å². The lowest BCUT2D eigenvalue weighted by Crippen LogP contribution is -2.38. The van der Waals surface area contributed by atoms with Crippen molar-refractivity contribution in [3.63, 3.8) is 0 Å². The molecule has 23 heavy (non-hydrogen) atoms. The molecule has 0 bridgehead atoms. The molecule has 124 valence electrons. The first-order chi connectivity index (χ1) is 11.3. The Morgan fingerprint density at radius 3 is 2.65 bits per heavy atom. The van der Waals surface area contributed by atoms with Crippen LogP contribution in [0.3, 0.4) is 0 Å². The number of benzene rings is 1. The van der Waals surface area contributed by atoms with Crippen LogP contribution in [-0.2, 0) is 4.79 Å². The molecular formula is C17H23N3O2S. The maximum absolute atomic E-state index is 11.8. The monoisotopic (exact) mass is 333 g/mol. The van der Waals surface area contributed by atoms with Gasteiger partial charge in [-0.3, -0.25) is 9.69 Å². The van der Waals surface area contributed by atoms with E-state index in [9.17, 15) is 4.79 Å². The predicted molar refractivity (Wildman–Crippen MR) is 94.2 cm³/mol. The average Bonchev–Trinajstić information content (AvgIpc) is 2.53. The number of carbonyl (C=O) groups excluding carboxylic acids is 1. The van der Waals surface area contributed by atoms with Crippen molar-refractivity contribution in [2.24, 2.45) is 5.10 Å². The standard InChI is InChI=1S/C17H23N3O2S/c21-17(11-20-8-2-1-3-9-20)19-18-10-14-4-6-15(7-5-14)22-16-12-23-13-16/h4-7,10,16H,1-3,8-9,11-13H2,(H,19,21). The first kappa shape index (κ1) is 16.3. The number of carbonyl (C=O) groups is 1. The summed E-state index contributed by atoms with van der Waals surface area (Å²) in [5.41, 5.74) is 3.54. The number of thioether (sulfide) groups is 1. The van der Waals surface area contributed by atoms with Crippen molar-refractivity contribution in [3.8, 4) is 5.75 Å². The minimum absolute atomic E-state index is 0.0504. The van der Waals surface area contributed by atoms with Gasteiger partial charge < -0.3 is 4.74 Å². The topological polar surface area (TPSA) is 53.9 Å². The Kier molecular flexibility index (Phi) is 5.93. The highest BCUT2D eigenvalue weighted by Gasteiger charge is 2.19. The molecule has 0 radical (unpaired) electrons. The number of ether oxygens (including phenoxy) is 1. The van der Waals surface area contributed by atoms with Gasteiger partial charge in [0.2, 0.25) is 0 Å². The zero-order valence-corrected chi connectivity index (χ0v) is 14.1. The molecule has 0 spiro atoms. The molecule has 0 saturated carbocycles. The van der Waals surface area contributed by atoms with Gasteiger partial charge >= 0.3 is 0 Å². The molecule has 1 aromatic rings.